The van der Waals surface area contributed by atoms with Gasteiger partial charge in [-0.25, -0.2) is 9.59 Å². The zero-order chi connectivity index (χ0) is 23.3. The van der Waals surface area contributed by atoms with Crippen LogP contribution in [0, 0.1) is 5.92 Å². The van der Waals surface area contributed by atoms with Gasteiger partial charge in [-0.1, -0.05) is 53.1 Å². The molecule has 1 saturated heterocycles. The molecule has 4 atom stereocenters. The molecule has 1 aromatic rings. The summed E-state index contributed by atoms with van der Waals surface area (Å²) in [6.45, 7) is 5.31. The van der Waals surface area contributed by atoms with E-state index in [-0.39, 0.29) is 24.5 Å². The molecule has 1 heterocycles. The van der Waals surface area contributed by atoms with Gasteiger partial charge < -0.3 is 19.5 Å². The van der Waals surface area contributed by atoms with Crippen LogP contribution in [-0.2, 0) is 19.0 Å². The maximum Gasteiger partial charge on any atom is 0.410 e. The highest BCUT2D eigenvalue weighted by atomic mass is 33.1. The largest absolute Gasteiger partial charge is 0.462 e. The molecule has 1 aromatic carbocycles. The molecule has 32 heavy (non-hydrogen) atoms. The zero-order valence-corrected chi connectivity index (χ0v) is 20.5. The van der Waals surface area contributed by atoms with Crippen LogP contribution in [0.4, 0.5) is 4.79 Å². The van der Waals surface area contributed by atoms with Crippen molar-refractivity contribution in [3.63, 3.8) is 0 Å². The first-order valence-electron chi connectivity index (χ1n) is 11.0. The van der Waals surface area contributed by atoms with Gasteiger partial charge >= 0.3 is 18.0 Å². The fourth-order valence-electron chi connectivity index (χ4n) is 3.00. The smallest absolute Gasteiger partial charge is 0.410 e. The van der Waals surface area contributed by atoms with E-state index in [0.717, 1.165) is 19.3 Å². The van der Waals surface area contributed by atoms with Gasteiger partial charge in [-0.2, -0.15) is 0 Å². The predicted octanol–water partition coefficient (Wildman–Crippen LogP) is 5.20. The average molecular weight is 484 g/mol. The standard InChI is InChI=1S/C23H33NO6S2/c1-16(15-28-22(26)19-9-5-4-6-10-19)17(2)24-23(27)30-18(3)29-21(25)12-8-7-11-20-13-14-31-32-20/h4-6,9-10,16-18,20H,7-8,11-15H2,1-3H3,(H,24,27)/t16?,17?,18?,20-/m1/s1. The van der Waals surface area contributed by atoms with Gasteiger partial charge in [0.25, 0.3) is 0 Å². The molecular formula is C23H33NO6S2. The maximum atomic E-state index is 12.1. The minimum absolute atomic E-state index is 0.135. The van der Waals surface area contributed by atoms with Crippen molar-refractivity contribution in [2.24, 2.45) is 5.92 Å². The van der Waals surface area contributed by atoms with Crippen LogP contribution >= 0.6 is 21.6 Å². The molecule has 0 bridgehead atoms. The number of ether oxygens (including phenoxy) is 3. The van der Waals surface area contributed by atoms with Crippen molar-refractivity contribution in [1.82, 2.24) is 5.32 Å². The van der Waals surface area contributed by atoms with E-state index >= 15 is 0 Å². The number of unbranched alkanes of at least 4 members (excludes halogenated alkanes) is 1. The molecule has 1 amide bonds. The molecule has 1 aliphatic rings. The van der Waals surface area contributed by atoms with Crippen molar-refractivity contribution in [3.05, 3.63) is 35.9 Å². The third-order valence-corrected chi connectivity index (χ3v) is 8.15. The summed E-state index contributed by atoms with van der Waals surface area (Å²) in [6.07, 6.45) is 2.79. The summed E-state index contributed by atoms with van der Waals surface area (Å²) in [7, 11) is 3.86. The van der Waals surface area contributed by atoms with E-state index in [1.54, 1.807) is 31.2 Å². The Morgan fingerprint density at radius 3 is 2.53 bits per heavy atom. The number of hydrogen-bond acceptors (Lipinski definition) is 8. The summed E-state index contributed by atoms with van der Waals surface area (Å²) < 4.78 is 15.6. The Morgan fingerprint density at radius 2 is 1.84 bits per heavy atom. The molecule has 178 valence electrons. The Bertz CT molecular complexity index is 726. The fraction of sp³-hybridized carbons (Fsp3) is 0.609. The van der Waals surface area contributed by atoms with Gasteiger partial charge in [0.1, 0.15) is 0 Å². The Morgan fingerprint density at radius 1 is 1.09 bits per heavy atom. The van der Waals surface area contributed by atoms with Crippen LogP contribution < -0.4 is 5.32 Å². The van der Waals surface area contributed by atoms with Crippen molar-refractivity contribution in [1.29, 1.82) is 0 Å². The third-order valence-electron chi connectivity index (χ3n) is 5.14. The van der Waals surface area contributed by atoms with Crippen LogP contribution in [0.5, 0.6) is 0 Å². The molecule has 1 fully saturated rings. The number of carbonyl (C=O) groups is 3. The van der Waals surface area contributed by atoms with E-state index in [2.05, 4.69) is 5.32 Å². The summed E-state index contributed by atoms with van der Waals surface area (Å²) in [4.78, 5) is 36.0. The van der Waals surface area contributed by atoms with Gasteiger partial charge in [0, 0.05) is 36.3 Å². The molecule has 7 nitrogen and oxygen atoms in total. The van der Waals surface area contributed by atoms with Crippen molar-refractivity contribution in [2.75, 3.05) is 12.4 Å². The SMILES string of the molecule is CC(OC(=O)CCCC[C@@H]1CCSS1)OC(=O)NC(C)C(C)COC(=O)c1ccccc1. The molecule has 9 heteroatoms. The molecule has 0 radical (unpaired) electrons. The molecule has 0 saturated carbocycles. The maximum absolute atomic E-state index is 12.1. The van der Waals surface area contributed by atoms with Crippen molar-refractivity contribution >= 4 is 39.6 Å². The fourth-order valence-corrected chi connectivity index (χ4v) is 6.02. The number of alkyl carbamates (subject to hydrolysis) is 1. The zero-order valence-electron chi connectivity index (χ0n) is 18.9. The van der Waals surface area contributed by atoms with Gasteiger partial charge in [-0.3, -0.25) is 4.79 Å². The van der Waals surface area contributed by atoms with Gasteiger partial charge in [-0.15, -0.1) is 0 Å². The summed E-state index contributed by atoms with van der Waals surface area (Å²) in [5.74, 6) is 0.302. The van der Waals surface area contributed by atoms with Crippen LogP contribution in [0.15, 0.2) is 30.3 Å². The highest BCUT2D eigenvalue weighted by Crippen LogP contribution is 2.39. The molecule has 0 spiro atoms. The Balaban J connectivity index is 1.58. The van der Waals surface area contributed by atoms with Crippen molar-refractivity contribution in [3.8, 4) is 0 Å². The Labute approximate surface area is 198 Å². The first kappa shape index (κ1) is 26.4. The monoisotopic (exact) mass is 483 g/mol. The van der Waals surface area contributed by atoms with E-state index < -0.39 is 18.4 Å². The normalized spacial score (nSPS) is 18.3. The number of esters is 2. The third kappa shape index (κ3) is 10.2. The molecule has 2 rings (SSSR count). The number of carbonyl (C=O) groups excluding carboxylic acids is 3. The van der Waals surface area contributed by atoms with Gasteiger partial charge in [-0.05, 0) is 38.3 Å². The van der Waals surface area contributed by atoms with Crippen LogP contribution in [0.3, 0.4) is 0 Å². The molecule has 3 unspecified atom stereocenters. The minimum atomic E-state index is -0.970. The van der Waals surface area contributed by atoms with Gasteiger partial charge in [0.05, 0.1) is 12.2 Å². The second-order valence-corrected chi connectivity index (χ2v) is 10.7. The minimum Gasteiger partial charge on any atom is -0.462 e. The lowest BCUT2D eigenvalue weighted by Gasteiger charge is -2.22. The van der Waals surface area contributed by atoms with Crippen LogP contribution in [0.25, 0.3) is 0 Å². The number of nitrogens with one attached hydrogen (secondary N) is 1. The first-order valence-corrected chi connectivity index (χ1v) is 13.4. The molecule has 0 aliphatic carbocycles. The second-order valence-electron chi connectivity index (χ2n) is 7.91. The summed E-state index contributed by atoms with van der Waals surface area (Å²) in [5.41, 5.74) is 0.479. The van der Waals surface area contributed by atoms with Crippen LogP contribution in [-0.4, -0.2) is 48.0 Å². The molecular weight excluding hydrogens is 450 g/mol. The van der Waals surface area contributed by atoms with E-state index in [9.17, 15) is 14.4 Å². The van der Waals surface area contributed by atoms with Crippen molar-refractivity contribution < 1.29 is 28.6 Å². The topological polar surface area (TPSA) is 90.9 Å². The summed E-state index contributed by atoms with van der Waals surface area (Å²) >= 11 is 0. The quantitative estimate of drug-likeness (QED) is 0.188. The highest BCUT2D eigenvalue weighted by molar-refractivity contribution is 8.77. The highest BCUT2D eigenvalue weighted by Gasteiger charge is 2.21. The predicted molar refractivity (Wildman–Crippen MR) is 127 cm³/mol. The molecule has 1 N–H and O–H groups in total. The van der Waals surface area contributed by atoms with Crippen LogP contribution in [0.2, 0.25) is 0 Å². The van der Waals surface area contributed by atoms with Gasteiger partial charge in [0.15, 0.2) is 0 Å². The van der Waals surface area contributed by atoms with E-state index in [4.69, 9.17) is 14.2 Å². The van der Waals surface area contributed by atoms with Crippen LogP contribution in [0.1, 0.15) is 63.2 Å². The molecule has 1 aliphatic heterocycles. The van der Waals surface area contributed by atoms with E-state index in [0.29, 0.717) is 17.2 Å². The lowest BCUT2D eigenvalue weighted by molar-refractivity contribution is -0.165. The average Bonchev–Trinajstić information content (AvgIpc) is 3.28. The number of amides is 1. The number of hydrogen-bond donors (Lipinski definition) is 1. The lowest BCUT2D eigenvalue weighted by atomic mass is 10.1. The molecule has 0 aromatic heterocycles. The number of benzene rings is 1. The Hall–Kier alpha value is -1.87. The van der Waals surface area contributed by atoms with E-state index in [1.165, 1.54) is 19.1 Å². The second kappa shape index (κ2) is 14.3. The first-order chi connectivity index (χ1) is 15.3. The lowest BCUT2D eigenvalue weighted by Crippen LogP contribution is -2.40. The summed E-state index contributed by atoms with van der Waals surface area (Å²) in [5, 5.41) is 3.38. The van der Waals surface area contributed by atoms with Crippen molar-refractivity contribution in [2.45, 2.75) is 70.5 Å². The van der Waals surface area contributed by atoms with Gasteiger partial charge in [0.2, 0.25) is 6.29 Å². The van der Waals surface area contributed by atoms with E-state index in [1.807, 2.05) is 34.6 Å². The summed E-state index contributed by atoms with van der Waals surface area (Å²) in [6, 6.07) is 8.42. The Kier molecular flexibility index (Phi) is 11.8. The number of rotatable bonds is 12.